The average Bonchev–Trinajstić information content (AvgIpc) is 3.62. The number of thiophene rings is 1. The molecule has 0 unspecified atom stereocenters. The van der Waals surface area contributed by atoms with Crippen LogP contribution in [0.3, 0.4) is 0 Å². The molecule has 0 atom stereocenters. The number of anilines is 2. The van der Waals surface area contributed by atoms with Crippen molar-refractivity contribution >= 4 is 42.9 Å². The maximum atomic E-state index is 3.83. The fourth-order valence-electron chi connectivity index (χ4n) is 7.17. The van der Waals surface area contributed by atoms with Gasteiger partial charge in [0.1, 0.15) is 0 Å². The molecule has 7 aromatic rings. The van der Waals surface area contributed by atoms with Crippen LogP contribution in [0.15, 0.2) is 133 Å². The number of hydrogen-bond acceptors (Lipinski definition) is 2. The van der Waals surface area contributed by atoms with E-state index in [1.807, 2.05) is 11.3 Å². The molecule has 2 aliphatic rings. The average molecular weight is 514 g/mol. The smallest absolute Gasteiger partial charge is 0.0726 e. The van der Waals surface area contributed by atoms with Crippen molar-refractivity contribution in [2.75, 3.05) is 5.32 Å². The van der Waals surface area contributed by atoms with Gasteiger partial charge in [0.15, 0.2) is 0 Å². The Morgan fingerprint density at radius 3 is 1.72 bits per heavy atom. The lowest BCUT2D eigenvalue weighted by Gasteiger charge is -2.30. The van der Waals surface area contributed by atoms with Gasteiger partial charge in [0.05, 0.1) is 15.8 Å². The van der Waals surface area contributed by atoms with Gasteiger partial charge in [-0.15, -0.1) is 11.3 Å². The van der Waals surface area contributed by atoms with Crippen molar-refractivity contribution in [1.29, 1.82) is 0 Å². The normalized spacial score (nSPS) is 13.8. The highest BCUT2D eigenvalue weighted by Crippen LogP contribution is 2.63. The van der Waals surface area contributed by atoms with Gasteiger partial charge in [0.25, 0.3) is 0 Å². The van der Waals surface area contributed by atoms with E-state index < -0.39 is 0 Å². The van der Waals surface area contributed by atoms with Gasteiger partial charge in [-0.2, -0.15) is 0 Å². The fraction of sp³-hybridized carbons (Fsp3) is 0.0270. The van der Waals surface area contributed by atoms with E-state index in [-0.39, 0.29) is 5.41 Å². The Balaban J connectivity index is 1.29. The summed E-state index contributed by atoms with van der Waals surface area (Å²) in [7, 11) is 0. The molecule has 0 bridgehead atoms. The zero-order valence-corrected chi connectivity index (χ0v) is 21.9. The topological polar surface area (TPSA) is 12.0 Å². The maximum absolute atomic E-state index is 3.83. The van der Waals surface area contributed by atoms with Crippen LogP contribution in [-0.2, 0) is 5.41 Å². The van der Waals surface area contributed by atoms with E-state index in [9.17, 15) is 0 Å². The predicted octanol–water partition coefficient (Wildman–Crippen LogP) is 10.1. The number of rotatable bonds is 2. The second kappa shape index (κ2) is 7.69. The van der Waals surface area contributed by atoms with Gasteiger partial charge in [-0.1, -0.05) is 109 Å². The zero-order valence-electron chi connectivity index (χ0n) is 21.1. The first-order valence-electron chi connectivity index (χ1n) is 13.4. The van der Waals surface area contributed by atoms with E-state index >= 15 is 0 Å². The van der Waals surface area contributed by atoms with Crippen molar-refractivity contribution in [3.8, 4) is 22.3 Å². The maximum Gasteiger partial charge on any atom is 0.0726 e. The molecule has 1 N–H and O–H groups in total. The van der Waals surface area contributed by atoms with Crippen LogP contribution in [0.4, 0.5) is 11.4 Å². The molecule has 39 heavy (non-hydrogen) atoms. The van der Waals surface area contributed by atoms with E-state index in [0.29, 0.717) is 0 Å². The molecular formula is C37H23NS. The van der Waals surface area contributed by atoms with E-state index in [1.54, 1.807) is 0 Å². The lowest BCUT2D eigenvalue weighted by Crippen LogP contribution is -2.25. The molecule has 0 saturated heterocycles. The van der Waals surface area contributed by atoms with Crippen molar-refractivity contribution in [1.82, 2.24) is 0 Å². The van der Waals surface area contributed by atoms with Crippen LogP contribution in [0.2, 0.25) is 0 Å². The Morgan fingerprint density at radius 1 is 0.462 bits per heavy atom. The van der Waals surface area contributed by atoms with E-state index in [1.165, 1.54) is 64.7 Å². The largest absolute Gasteiger partial charge is 0.354 e. The van der Waals surface area contributed by atoms with Gasteiger partial charge >= 0.3 is 0 Å². The summed E-state index contributed by atoms with van der Waals surface area (Å²) in [5.74, 6) is 0. The highest BCUT2D eigenvalue weighted by atomic mass is 32.1. The Hall–Kier alpha value is -4.66. The second-order valence-corrected chi connectivity index (χ2v) is 11.6. The number of nitrogens with one attached hydrogen (secondary N) is 1. The van der Waals surface area contributed by atoms with Gasteiger partial charge in [-0.05, 0) is 68.8 Å². The molecule has 1 nitrogen and oxygen atoms in total. The Morgan fingerprint density at radius 2 is 1.03 bits per heavy atom. The third-order valence-corrected chi connectivity index (χ3v) is 9.90. The molecule has 1 aromatic heterocycles. The van der Waals surface area contributed by atoms with Crippen LogP contribution < -0.4 is 5.32 Å². The molecule has 182 valence electrons. The van der Waals surface area contributed by atoms with Crippen LogP contribution in [0, 0.1) is 0 Å². The van der Waals surface area contributed by atoms with Crippen molar-refractivity contribution in [3.63, 3.8) is 0 Å². The first kappa shape index (κ1) is 21.3. The summed E-state index contributed by atoms with van der Waals surface area (Å²) in [5, 5.41) is 6.46. The lowest BCUT2D eigenvalue weighted by atomic mass is 9.70. The fourth-order valence-corrected chi connectivity index (χ4v) is 8.35. The van der Waals surface area contributed by atoms with E-state index in [4.69, 9.17) is 0 Å². The van der Waals surface area contributed by atoms with Crippen LogP contribution >= 0.6 is 11.3 Å². The predicted molar refractivity (Wildman–Crippen MR) is 165 cm³/mol. The number of fused-ring (bicyclic) bond motifs is 13. The minimum atomic E-state index is -0.319. The summed E-state index contributed by atoms with van der Waals surface area (Å²) in [4.78, 5) is 0. The monoisotopic (exact) mass is 513 g/mol. The molecule has 0 amide bonds. The minimum Gasteiger partial charge on any atom is -0.354 e. The van der Waals surface area contributed by atoms with E-state index in [0.717, 1.165) is 11.4 Å². The standard InChI is InChI=1S/C37H23NS/c1-5-15-30-24(10-1)25-11-2-6-16-31(25)37(30)32-17-7-3-12-26(32)27-21-20-23(22-33(27)37)38-34-18-9-14-29-28-13-4-8-19-35(28)39-36(29)34/h1-22,38H. The zero-order chi connectivity index (χ0) is 25.6. The molecule has 6 aromatic carbocycles. The molecule has 2 heteroatoms. The Bertz CT molecular complexity index is 2050. The van der Waals surface area contributed by atoms with Gasteiger partial charge in [-0.25, -0.2) is 0 Å². The van der Waals surface area contributed by atoms with Crippen LogP contribution in [0.25, 0.3) is 42.4 Å². The summed E-state index contributed by atoms with van der Waals surface area (Å²) in [6, 6.07) is 49.2. The molecule has 0 saturated carbocycles. The Labute approximate surface area is 231 Å². The van der Waals surface area contributed by atoms with E-state index in [2.05, 4.69) is 139 Å². The van der Waals surface area contributed by atoms with Crippen molar-refractivity contribution in [2.45, 2.75) is 5.41 Å². The first-order valence-corrected chi connectivity index (χ1v) is 14.3. The molecule has 2 aliphatic carbocycles. The highest BCUT2D eigenvalue weighted by molar-refractivity contribution is 7.26. The molecule has 0 radical (unpaired) electrons. The lowest BCUT2D eigenvalue weighted by molar-refractivity contribution is 0.794. The van der Waals surface area contributed by atoms with Gasteiger partial charge in [0, 0.05) is 21.2 Å². The van der Waals surface area contributed by atoms with Crippen molar-refractivity contribution < 1.29 is 0 Å². The summed E-state index contributed by atoms with van der Waals surface area (Å²) in [5.41, 5.74) is 12.8. The molecule has 9 rings (SSSR count). The molecular weight excluding hydrogens is 490 g/mol. The summed E-state index contributed by atoms with van der Waals surface area (Å²) in [6.07, 6.45) is 0. The van der Waals surface area contributed by atoms with Crippen LogP contribution in [0.5, 0.6) is 0 Å². The summed E-state index contributed by atoms with van der Waals surface area (Å²) < 4.78 is 2.62. The minimum absolute atomic E-state index is 0.319. The third-order valence-electron chi connectivity index (χ3n) is 8.68. The van der Waals surface area contributed by atoms with Gasteiger partial charge in [0.2, 0.25) is 0 Å². The quantitative estimate of drug-likeness (QED) is 0.242. The van der Waals surface area contributed by atoms with Crippen LogP contribution in [0.1, 0.15) is 22.3 Å². The highest BCUT2D eigenvalue weighted by Gasteiger charge is 2.51. The number of benzene rings is 6. The molecule has 1 heterocycles. The molecule has 1 spiro atoms. The number of hydrogen-bond donors (Lipinski definition) is 1. The summed E-state index contributed by atoms with van der Waals surface area (Å²) in [6.45, 7) is 0. The Kier molecular flexibility index (Phi) is 4.20. The first-order chi connectivity index (χ1) is 19.3. The van der Waals surface area contributed by atoms with Crippen molar-refractivity contribution in [2.24, 2.45) is 0 Å². The van der Waals surface area contributed by atoms with Gasteiger partial charge < -0.3 is 5.32 Å². The molecule has 0 fully saturated rings. The molecule has 0 aliphatic heterocycles. The third kappa shape index (κ3) is 2.69. The SMILES string of the molecule is c1ccc2c(c1)-c1ccccc1C21c2ccccc2-c2ccc(Nc3cccc4c3sc3ccccc34)cc21. The van der Waals surface area contributed by atoms with Crippen molar-refractivity contribution in [3.05, 3.63) is 156 Å². The van der Waals surface area contributed by atoms with Gasteiger partial charge in [-0.3, -0.25) is 0 Å². The summed E-state index contributed by atoms with van der Waals surface area (Å²) >= 11 is 1.86. The second-order valence-electron chi connectivity index (χ2n) is 10.6. The van der Waals surface area contributed by atoms with Crippen LogP contribution in [-0.4, -0.2) is 0 Å².